The fraction of sp³-hybridized carbons (Fsp3) is 0.500. The van der Waals surface area contributed by atoms with Crippen LogP contribution in [0.2, 0.25) is 0 Å². The first-order valence-electron chi connectivity index (χ1n) is 9.28. The number of carbonyl (C=O) groups is 1. The highest BCUT2D eigenvalue weighted by Gasteiger charge is 2.28. The summed E-state index contributed by atoms with van der Waals surface area (Å²) in [6.45, 7) is 4.95. The maximum absolute atomic E-state index is 12.8. The maximum Gasteiger partial charge on any atom is 0.225 e. The first-order chi connectivity index (χ1) is 12.3. The van der Waals surface area contributed by atoms with Crippen molar-refractivity contribution >= 4 is 22.5 Å². The second-order valence-corrected chi connectivity index (χ2v) is 6.90. The molecule has 1 aromatic heterocycles. The minimum Gasteiger partial charge on any atom is -0.381 e. The number of nitrogens with zero attached hydrogens (tertiary/aromatic N) is 3. The number of aromatic nitrogens is 1. The summed E-state index contributed by atoms with van der Waals surface area (Å²) in [6.07, 6.45) is 4.63. The second-order valence-electron chi connectivity index (χ2n) is 6.90. The Kier molecular flexibility index (Phi) is 4.83. The molecule has 0 saturated carbocycles. The van der Waals surface area contributed by atoms with Gasteiger partial charge in [0.15, 0.2) is 0 Å². The van der Waals surface area contributed by atoms with E-state index in [1.54, 1.807) is 0 Å². The van der Waals surface area contributed by atoms with Crippen LogP contribution in [-0.2, 0) is 9.53 Å². The maximum atomic E-state index is 12.8. The summed E-state index contributed by atoms with van der Waals surface area (Å²) in [5, 5.41) is 1.19. The molecule has 3 heterocycles. The first-order valence-corrected chi connectivity index (χ1v) is 9.28. The van der Waals surface area contributed by atoms with Crippen LogP contribution in [-0.4, -0.2) is 55.2 Å². The Bertz CT molecular complexity index is 737. The molecule has 1 aromatic carbocycles. The third-order valence-corrected chi connectivity index (χ3v) is 5.34. The summed E-state index contributed by atoms with van der Waals surface area (Å²) in [5.74, 6) is 0.479. The van der Waals surface area contributed by atoms with Crippen LogP contribution < -0.4 is 4.90 Å². The smallest absolute Gasteiger partial charge is 0.225 e. The van der Waals surface area contributed by atoms with Gasteiger partial charge in [-0.25, -0.2) is 0 Å². The highest BCUT2D eigenvalue weighted by atomic mass is 16.5. The van der Waals surface area contributed by atoms with Gasteiger partial charge in [0.05, 0.1) is 5.52 Å². The van der Waals surface area contributed by atoms with Gasteiger partial charge in [0.25, 0.3) is 0 Å². The van der Waals surface area contributed by atoms with Gasteiger partial charge in [-0.15, -0.1) is 0 Å². The molecule has 2 aliphatic rings. The van der Waals surface area contributed by atoms with Gasteiger partial charge in [-0.2, -0.15) is 0 Å². The molecular weight excluding hydrogens is 314 g/mol. The standard InChI is InChI=1S/C20H25N3O2/c24-20(16-7-14-25-15-8-16)23-11-3-10-22(12-13-23)19-6-9-21-18-5-2-1-4-17(18)19/h1-2,4-6,9,16H,3,7-8,10-15H2. The fourth-order valence-electron chi connectivity index (χ4n) is 3.94. The molecule has 0 unspecified atom stereocenters. The van der Waals surface area contributed by atoms with E-state index in [-0.39, 0.29) is 5.92 Å². The topological polar surface area (TPSA) is 45.7 Å². The molecule has 25 heavy (non-hydrogen) atoms. The van der Waals surface area contributed by atoms with Gasteiger partial charge in [0, 0.05) is 62.6 Å². The van der Waals surface area contributed by atoms with Gasteiger partial charge in [0.2, 0.25) is 5.91 Å². The molecule has 132 valence electrons. The number of hydrogen-bond acceptors (Lipinski definition) is 4. The van der Waals surface area contributed by atoms with Crippen molar-refractivity contribution in [3.8, 4) is 0 Å². The van der Waals surface area contributed by atoms with Crippen LogP contribution in [0.4, 0.5) is 5.69 Å². The van der Waals surface area contributed by atoms with Gasteiger partial charge < -0.3 is 14.5 Å². The summed E-state index contributed by atoms with van der Waals surface area (Å²) in [4.78, 5) is 21.7. The van der Waals surface area contributed by atoms with E-state index in [0.717, 1.165) is 64.2 Å². The van der Waals surface area contributed by atoms with Crippen molar-refractivity contribution in [3.63, 3.8) is 0 Å². The molecule has 0 atom stereocenters. The number of para-hydroxylation sites is 1. The van der Waals surface area contributed by atoms with Crippen molar-refractivity contribution in [1.29, 1.82) is 0 Å². The van der Waals surface area contributed by atoms with E-state index in [0.29, 0.717) is 5.91 Å². The molecule has 0 radical (unpaired) electrons. The third kappa shape index (κ3) is 3.47. The summed E-state index contributed by atoms with van der Waals surface area (Å²) in [6, 6.07) is 10.4. The normalized spacial score (nSPS) is 19.8. The summed E-state index contributed by atoms with van der Waals surface area (Å²) in [5.41, 5.74) is 2.25. The number of benzene rings is 1. The monoisotopic (exact) mass is 339 g/mol. The minimum absolute atomic E-state index is 0.155. The number of hydrogen-bond donors (Lipinski definition) is 0. The van der Waals surface area contributed by atoms with Crippen LogP contribution in [0.25, 0.3) is 10.9 Å². The number of amides is 1. The van der Waals surface area contributed by atoms with Crippen LogP contribution in [0.5, 0.6) is 0 Å². The lowest BCUT2D eigenvalue weighted by Crippen LogP contribution is -2.40. The highest BCUT2D eigenvalue weighted by Crippen LogP contribution is 2.26. The SMILES string of the molecule is O=C(C1CCOCC1)N1CCCN(c2ccnc3ccccc23)CC1. The lowest BCUT2D eigenvalue weighted by atomic mass is 9.98. The number of rotatable bonds is 2. The molecule has 2 aliphatic heterocycles. The van der Waals surface area contributed by atoms with Gasteiger partial charge in [-0.05, 0) is 31.4 Å². The largest absolute Gasteiger partial charge is 0.381 e. The third-order valence-electron chi connectivity index (χ3n) is 5.34. The Morgan fingerprint density at radius 3 is 2.76 bits per heavy atom. The lowest BCUT2D eigenvalue weighted by Gasteiger charge is -2.29. The van der Waals surface area contributed by atoms with Gasteiger partial charge in [-0.3, -0.25) is 9.78 Å². The van der Waals surface area contributed by atoms with Crippen molar-refractivity contribution in [2.45, 2.75) is 19.3 Å². The molecule has 0 bridgehead atoms. The number of anilines is 1. The van der Waals surface area contributed by atoms with Crippen LogP contribution in [0.3, 0.4) is 0 Å². The molecule has 0 spiro atoms. The molecule has 2 saturated heterocycles. The van der Waals surface area contributed by atoms with E-state index in [1.165, 1.54) is 11.1 Å². The Morgan fingerprint density at radius 1 is 1.04 bits per heavy atom. The number of fused-ring (bicyclic) bond motifs is 1. The van der Waals surface area contributed by atoms with Crippen LogP contribution in [0.1, 0.15) is 19.3 Å². The molecule has 1 amide bonds. The predicted octanol–water partition coefficient (Wildman–Crippen LogP) is 2.70. The van der Waals surface area contributed by atoms with Gasteiger partial charge >= 0.3 is 0 Å². The van der Waals surface area contributed by atoms with E-state index in [1.807, 2.05) is 12.3 Å². The number of carbonyl (C=O) groups excluding carboxylic acids is 1. The molecule has 0 aliphatic carbocycles. The van der Waals surface area contributed by atoms with Crippen LogP contribution >= 0.6 is 0 Å². The average molecular weight is 339 g/mol. The number of ether oxygens (including phenoxy) is 1. The van der Waals surface area contributed by atoms with E-state index in [4.69, 9.17) is 4.74 Å². The van der Waals surface area contributed by atoms with E-state index < -0.39 is 0 Å². The molecular formula is C20H25N3O2. The minimum atomic E-state index is 0.155. The van der Waals surface area contributed by atoms with E-state index in [2.05, 4.69) is 39.0 Å². The Morgan fingerprint density at radius 2 is 1.88 bits per heavy atom. The summed E-state index contributed by atoms with van der Waals surface area (Å²) < 4.78 is 5.39. The molecule has 2 fully saturated rings. The van der Waals surface area contributed by atoms with Crippen molar-refractivity contribution in [1.82, 2.24) is 9.88 Å². The van der Waals surface area contributed by atoms with E-state index >= 15 is 0 Å². The van der Waals surface area contributed by atoms with E-state index in [9.17, 15) is 4.79 Å². The van der Waals surface area contributed by atoms with Crippen LogP contribution in [0.15, 0.2) is 36.5 Å². The predicted molar refractivity (Wildman–Crippen MR) is 98.7 cm³/mol. The molecule has 4 rings (SSSR count). The highest BCUT2D eigenvalue weighted by molar-refractivity contribution is 5.91. The first kappa shape index (κ1) is 16.3. The Hall–Kier alpha value is -2.14. The lowest BCUT2D eigenvalue weighted by molar-refractivity contribution is -0.138. The van der Waals surface area contributed by atoms with Gasteiger partial charge in [0.1, 0.15) is 0 Å². The molecule has 2 aromatic rings. The average Bonchev–Trinajstić information content (AvgIpc) is 2.94. The molecule has 5 nitrogen and oxygen atoms in total. The van der Waals surface area contributed by atoms with Crippen molar-refractivity contribution in [3.05, 3.63) is 36.5 Å². The summed E-state index contributed by atoms with van der Waals surface area (Å²) in [7, 11) is 0. The quantitative estimate of drug-likeness (QED) is 0.844. The van der Waals surface area contributed by atoms with Crippen molar-refractivity contribution < 1.29 is 9.53 Å². The Balaban J connectivity index is 1.48. The summed E-state index contributed by atoms with van der Waals surface area (Å²) >= 11 is 0. The fourth-order valence-corrected chi connectivity index (χ4v) is 3.94. The molecule has 5 heteroatoms. The van der Waals surface area contributed by atoms with Crippen molar-refractivity contribution in [2.24, 2.45) is 5.92 Å². The van der Waals surface area contributed by atoms with Crippen molar-refractivity contribution in [2.75, 3.05) is 44.3 Å². The molecule has 0 N–H and O–H groups in total. The van der Waals surface area contributed by atoms with Gasteiger partial charge in [-0.1, -0.05) is 18.2 Å². The van der Waals surface area contributed by atoms with Crippen LogP contribution in [0, 0.1) is 5.92 Å². The zero-order chi connectivity index (χ0) is 17.1. The number of pyridine rings is 1. The zero-order valence-electron chi connectivity index (χ0n) is 14.6. The second kappa shape index (κ2) is 7.40. The zero-order valence-corrected chi connectivity index (χ0v) is 14.6. The Labute approximate surface area is 148 Å².